The number of hydrogen-bond donors (Lipinski definition) is 2. The van der Waals surface area contributed by atoms with Crippen LogP contribution in [0.15, 0.2) is 54.6 Å². The molecule has 2 N–H and O–H groups in total. The molecule has 6 heteroatoms. The molecule has 2 rings (SSSR count). The monoisotopic (exact) mass is 374 g/mol. The van der Waals surface area contributed by atoms with Crippen molar-refractivity contribution in [3.8, 4) is 0 Å². The van der Waals surface area contributed by atoms with Crippen molar-refractivity contribution < 1.29 is 14.0 Å². The normalized spacial score (nSPS) is 11.6. The standard InChI is InChI=1S/C20H23FN2O2S/c1-26-14-12-18(23-19(24)16-5-3-2-4-6-16)20(25)22-13-11-15-7-9-17(21)10-8-15/h2-10,18H,11-14H2,1H3,(H,22,25)(H,23,24)/t18-/m1/s1. The van der Waals surface area contributed by atoms with E-state index < -0.39 is 6.04 Å². The molecule has 26 heavy (non-hydrogen) atoms. The summed E-state index contributed by atoms with van der Waals surface area (Å²) in [6, 6.07) is 14.5. The van der Waals surface area contributed by atoms with Crippen molar-refractivity contribution in [2.24, 2.45) is 0 Å². The van der Waals surface area contributed by atoms with Crippen LogP contribution in [0.3, 0.4) is 0 Å². The maximum Gasteiger partial charge on any atom is 0.251 e. The van der Waals surface area contributed by atoms with E-state index in [1.165, 1.54) is 12.1 Å². The van der Waals surface area contributed by atoms with Crippen LogP contribution >= 0.6 is 11.8 Å². The molecule has 2 aromatic rings. The average molecular weight is 374 g/mol. The minimum absolute atomic E-state index is 0.203. The quantitative estimate of drug-likeness (QED) is 0.709. The molecule has 0 fully saturated rings. The van der Waals surface area contributed by atoms with E-state index in [1.54, 1.807) is 48.2 Å². The molecule has 2 amide bonds. The van der Waals surface area contributed by atoms with E-state index in [9.17, 15) is 14.0 Å². The Morgan fingerprint density at radius 3 is 2.42 bits per heavy atom. The second-order valence-corrected chi connectivity index (χ2v) is 6.83. The fraction of sp³-hybridized carbons (Fsp3) is 0.300. The fourth-order valence-electron chi connectivity index (χ4n) is 2.44. The van der Waals surface area contributed by atoms with Gasteiger partial charge in [-0.3, -0.25) is 9.59 Å². The molecule has 0 radical (unpaired) electrons. The van der Waals surface area contributed by atoms with Crippen molar-refractivity contribution in [1.29, 1.82) is 0 Å². The number of thioether (sulfide) groups is 1. The van der Waals surface area contributed by atoms with Crippen molar-refractivity contribution in [2.75, 3.05) is 18.6 Å². The molecule has 0 saturated carbocycles. The first-order valence-corrected chi connectivity index (χ1v) is 9.86. The number of amides is 2. The van der Waals surface area contributed by atoms with E-state index in [0.29, 0.717) is 24.9 Å². The zero-order chi connectivity index (χ0) is 18.8. The second-order valence-electron chi connectivity index (χ2n) is 5.84. The predicted octanol–water partition coefficient (Wildman–Crippen LogP) is 3.04. The van der Waals surface area contributed by atoms with Crippen LogP contribution in [0, 0.1) is 5.82 Å². The van der Waals surface area contributed by atoms with Gasteiger partial charge in [-0.25, -0.2) is 4.39 Å². The van der Waals surface area contributed by atoms with Crippen LogP contribution in [-0.4, -0.2) is 36.4 Å². The largest absolute Gasteiger partial charge is 0.354 e. The summed E-state index contributed by atoms with van der Waals surface area (Å²) in [6.45, 7) is 0.432. The number of hydrogen-bond acceptors (Lipinski definition) is 3. The Balaban J connectivity index is 1.89. The lowest BCUT2D eigenvalue weighted by Gasteiger charge is -2.18. The summed E-state index contributed by atoms with van der Waals surface area (Å²) in [5.74, 6) is 0.0276. The maximum absolute atomic E-state index is 12.9. The first kappa shape index (κ1) is 20.0. The molecule has 2 aromatic carbocycles. The van der Waals surface area contributed by atoms with Crippen LogP contribution in [0.5, 0.6) is 0 Å². The molecule has 138 valence electrons. The molecule has 0 bridgehead atoms. The number of halogens is 1. The summed E-state index contributed by atoms with van der Waals surface area (Å²) in [7, 11) is 0. The summed E-state index contributed by atoms with van der Waals surface area (Å²) < 4.78 is 12.9. The van der Waals surface area contributed by atoms with Crippen LogP contribution < -0.4 is 10.6 Å². The molecule has 1 atom stereocenters. The molecule has 4 nitrogen and oxygen atoms in total. The summed E-state index contributed by atoms with van der Waals surface area (Å²) in [6.07, 6.45) is 3.12. The molecule has 0 aliphatic carbocycles. The minimum Gasteiger partial charge on any atom is -0.354 e. The number of rotatable bonds is 9. The van der Waals surface area contributed by atoms with Gasteiger partial charge in [-0.15, -0.1) is 0 Å². The molecule has 0 heterocycles. The van der Waals surface area contributed by atoms with Crippen LogP contribution in [0.25, 0.3) is 0 Å². The topological polar surface area (TPSA) is 58.2 Å². The summed E-state index contributed by atoms with van der Waals surface area (Å²) in [4.78, 5) is 24.8. The zero-order valence-corrected chi connectivity index (χ0v) is 15.5. The smallest absolute Gasteiger partial charge is 0.251 e. The second kappa shape index (κ2) is 10.6. The lowest BCUT2D eigenvalue weighted by molar-refractivity contribution is -0.122. The van der Waals surface area contributed by atoms with Crippen molar-refractivity contribution in [3.63, 3.8) is 0 Å². The van der Waals surface area contributed by atoms with E-state index in [1.807, 2.05) is 12.3 Å². The Kier molecular flexibility index (Phi) is 8.15. The van der Waals surface area contributed by atoms with Gasteiger partial charge in [0.2, 0.25) is 5.91 Å². The molecular formula is C20H23FN2O2S. The lowest BCUT2D eigenvalue weighted by Crippen LogP contribution is -2.47. The van der Waals surface area contributed by atoms with Crippen molar-refractivity contribution >= 4 is 23.6 Å². The number of benzene rings is 2. The van der Waals surface area contributed by atoms with Gasteiger partial charge in [0.15, 0.2) is 0 Å². The third-order valence-corrected chi connectivity index (χ3v) is 4.54. The molecule has 0 saturated heterocycles. The van der Waals surface area contributed by atoms with E-state index in [-0.39, 0.29) is 17.6 Å². The van der Waals surface area contributed by atoms with Crippen molar-refractivity contribution in [3.05, 3.63) is 71.5 Å². The Morgan fingerprint density at radius 2 is 1.77 bits per heavy atom. The third kappa shape index (κ3) is 6.52. The molecule has 0 spiro atoms. The minimum atomic E-state index is -0.580. The van der Waals surface area contributed by atoms with Crippen LogP contribution in [0.2, 0.25) is 0 Å². The third-order valence-electron chi connectivity index (χ3n) is 3.89. The Morgan fingerprint density at radius 1 is 1.08 bits per heavy atom. The fourth-order valence-corrected chi connectivity index (χ4v) is 2.91. The molecule has 0 aliphatic rings. The number of carbonyl (C=O) groups excluding carboxylic acids is 2. The highest BCUT2D eigenvalue weighted by molar-refractivity contribution is 7.98. The Hall–Kier alpha value is -2.34. The first-order valence-electron chi connectivity index (χ1n) is 8.47. The molecule has 0 aromatic heterocycles. The Labute approximate surface area is 157 Å². The van der Waals surface area contributed by atoms with E-state index >= 15 is 0 Å². The van der Waals surface area contributed by atoms with E-state index in [4.69, 9.17) is 0 Å². The lowest BCUT2D eigenvalue weighted by atomic mass is 10.1. The van der Waals surface area contributed by atoms with E-state index in [0.717, 1.165) is 11.3 Å². The van der Waals surface area contributed by atoms with Gasteiger partial charge in [-0.05, 0) is 54.7 Å². The van der Waals surface area contributed by atoms with Gasteiger partial charge < -0.3 is 10.6 Å². The van der Waals surface area contributed by atoms with Gasteiger partial charge in [0.25, 0.3) is 5.91 Å². The van der Waals surface area contributed by atoms with Crippen LogP contribution in [0.1, 0.15) is 22.3 Å². The van der Waals surface area contributed by atoms with Crippen molar-refractivity contribution in [2.45, 2.75) is 18.9 Å². The van der Waals surface area contributed by atoms with Gasteiger partial charge >= 0.3 is 0 Å². The van der Waals surface area contributed by atoms with E-state index in [2.05, 4.69) is 10.6 Å². The van der Waals surface area contributed by atoms with Gasteiger partial charge in [-0.2, -0.15) is 11.8 Å². The predicted molar refractivity (Wildman–Crippen MR) is 104 cm³/mol. The van der Waals surface area contributed by atoms with Crippen LogP contribution in [-0.2, 0) is 11.2 Å². The van der Waals surface area contributed by atoms with Gasteiger partial charge in [0.1, 0.15) is 11.9 Å². The SMILES string of the molecule is CSCC[C@@H](NC(=O)c1ccccc1)C(=O)NCCc1ccc(F)cc1. The average Bonchev–Trinajstić information content (AvgIpc) is 2.67. The molecule has 0 unspecified atom stereocenters. The molecular weight excluding hydrogens is 351 g/mol. The summed E-state index contributed by atoms with van der Waals surface area (Å²) >= 11 is 1.63. The van der Waals surface area contributed by atoms with Crippen molar-refractivity contribution in [1.82, 2.24) is 10.6 Å². The van der Waals surface area contributed by atoms with Gasteiger partial charge in [0.05, 0.1) is 0 Å². The van der Waals surface area contributed by atoms with Crippen LogP contribution in [0.4, 0.5) is 4.39 Å². The number of carbonyl (C=O) groups is 2. The molecule has 0 aliphatic heterocycles. The first-order chi connectivity index (χ1) is 12.6. The summed E-state index contributed by atoms with van der Waals surface area (Å²) in [5.41, 5.74) is 1.47. The highest BCUT2D eigenvalue weighted by atomic mass is 32.2. The van der Waals surface area contributed by atoms with Gasteiger partial charge in [-0.1, -0.05) is 30.3 Å². The highest BCUT2D eigenvalue weighted by Crippen LogP contribution is 2.05. The summed E-state index contributed by atoms with van der Waals surface area (Å²) in [5, 5.41) is 5.67. The Bertz CT molecular complexity index is 708. The maximum atomic E-state index is 12.9. The highest BCUT2D eigenvalue weighted by Gasteiger charge is 2.20. The van der Waals surface area contributed by atoms with Gasteiger partial charge in [0, 0.05) is 12.1 Å². The number of nitrogens with one attached hydrogen (secondary N) is 2. The zero-order valence-electron chi connectivity index (χ0n) is 14.7.